The van der Waals surface area contributed by atoms with Crippen LogP contribution in [-0.4, -0.2) is 5.97 Å². The third kappa shape index (κ3) is 3.96. The van der Waals surface area contributed by atoms with Gasteiger partial charge in [0.05, 0.1) is 17.2 Å². The molecule has 0 aromatic heterocycles. The summed E-state index contributed by atoms with van der Waals surface area (Å²) in [6, 6.07) is 16.6. The van der Waals surface area contributed by atoms with Crippen LogP contribution in [0.1, 0.15) is 73.4 Å². The molecule has 0 heterocycles. The zero-order valence-corrected chi connectivity index (χ0v) is 15.3. The SMILES string of the molecule is CCCC1(c2ccc(OC(=O)c3ccc(C#N)cc3)cc2)CCCCC1. The summed E-state index contributed by atoms with van der Waals surface area (Å²) in [7, 11) is 0. The predicted molar refractivity (Wildman–Crippen MR) is 102 cm³/mol. The van der Waals surface area contributed by atoms with Crippen LogP contribution < -0.4 is 4.74 Å². The van der Waals surface area contributed by atoms with Gasteiger partial charge in [0, 0.05) is 0 Å². The van der Waals surface area contributed by atoms with E-state index in [1.165, 1.54) is 50.5 Å². The minimum atomic E-state index is -0.400. The van der Waals surface area contributed by atoms with Crippen LogP contribution in [0.25, 0.3) is 0 Å². The highest BCUT2D eigenvalue weighted by molar-refractivity contribution is 5.91. The van der Waals surface area contributed by atoms with E-state index in [1.807, 2.05) is 18.2 Å². The topological polar surface area (TPSA) is 50.1 Å². The van der Waals surface area contributed by atoms with Crippen molar-refractivity contribution in [1.82, 2.24) is 0 Å². The molecular weight excluding hydrogens is 322 g/mol. The van der Waals surface area contributed by atoms with E-state index in [-0.39, 0.29) is 0 Å². The van der Waals surface area contributed by atoms with Gasteiger partial charge in [-0.2, -0.15) is 5.26 Å². The van der Waals surface area contributed by atoms with E-state index in [2.05, 4.69) is 19.1 Å². The Balaban J connectivity index is 1.72. The number of rotatable bonds is 5. The molecule has 1 aliphatic carbocycles. The summed E-state index contributed by atoms with van der Waals surface area (Å²) >= 11 is 0. The van der Waals surface area contributed by atoms with Crippen molar-refractivity contribution in [3.05, 3.63) is 65.2 Å². The molecule has 3 rings (SSSR count). The molecule has 0 aliphatic heterocycles. The molecular formula is C23H25NO2. The number of esters is 1. The highest BCUT2D eigenvalue weighted by Crippen LogP contribution is 2.43. The highest BCUT2D eigenvalue weighted by atomic mass is 16.5. The van der Waals surface area contributed by atoms with Gasteiger partial charge in [-0.05, 0) is 66.6 Å². The quantitative estimate of drug-likeness (QED) is 0.509. The van der Waals surface area contributed by atoms with Gasteiger partial charge in [0.1, 0.15) is 5.75 Å². The molecule has 26 heavy (non-hydrogen) atoms. The summed E-state index contributed by atoms with van der Waals surface area (Å²) in [6.07, 6.45) is 8.86. The van der Waals surface area contributed by atoms with Crippen LogP contribution in [0.15, 0.2) is 48.5 Å². The normalized spacial score (nSPS) is 15.8. The predicted octanol–water partition coefficient (Wildman–Crippen LogP) is 5.78. The van der Waals surface area contributed by atoms with E-state index in [9.17, 15) is 4.79 Å². The fourth-order valence-corrected chi connectivity index (χ4v) is 4.11. The Bertz CT molecular complexity index is 773. The van der Waals surface area contributed by atoms with Gasteiger partial charge in [-0.15, -0.1) is 0 Å². The van der Waals surface area contributed by atoms with E-state index in [0.29, 0.717) is 22.3 Å². The summed E-state index contributed by atoms with van der Waals surface area (Å²) in [6.45, 7) is 2.25. The summed E-state index contributed by atoms with van der Waals surface area (Å²) in [5.74, 6) is 0.161. The van der Waals surface area contributed by atoms with Crippen molar-refractivity contribution in [3.8, 4) is 11.8 Å². The molecule has 2 aromatic rings. The maximum Gasteiger partial charge on any atom is 0.343 e. The Morgan fingerprint density at radius 3 is 2.27 bits per heavy atom. The van der Waals surface area contributed by atoms with Gasteiger partial charge in [0.15, 0.2) is 0 Å². The van der Waals surface area contributed by atoms with Gasteiger partial charge in [0.25, 0.3) is 0 Å². The maximum absolute atomic E-state index is 12.3. The van der Waals surface area contributed by atoms with Crippen molar-refractivity contribution < 1.29 is 9.53 Å². The second-order valence-electron chi connectivity index (χ2n) is 7.19. The average Bonchev–Trinajstić information content (AvgIpc) is 2.69. The average molecular weight is 347 g/mol. The highest BCUT2D eigenvalue weighted by Gasteiger charge is 2.32. The molecule has 1 fully saturated rings. The molecule has 0 bridgehead atoms. The number of ether oxygens (including phenoxy) is 1. The van der Waals surface area contributed by atoms with Crippen LogP contribution in [0.2, 0.25) is 0 Å². The smallest absolute Gasteiger partial charge is 0.343 e. The lowest BCUT2D eigenvalue weighted by molar-refractivity contribution is 0.0734. The molecule has 1 aliphatic rings. The van der Waals surface area contributed by atoms with E-state index in [4.69, 9.17) is 10.00 Å². The van der Waals surface area contributed by atoms with Gasteiger partial charge in [-0.25, -0.2) is 4.79 Å². The second kappa shape index (κ2) is 8.19. The van der Waals surface area contributed by atoms with Crippen molar-refractivity contribution in [1.29, 1.82) is 5.26 Å². The molecule has 1 saturated carbocycles. The summed E-state index contributed by atoms with van der Waals surface area (Å²) < 4.78 is 5.49. The first-order valence-electron chi connectivity index (χ1n) is 9.50. The number of carbonyl (C=O) groups is 1. The van der Waals surface area contributed by atoms with E-state index < -0.39 is 5.97 Å². The molecule has 0 radical (unpaired) electrons. The number of nitrogens with zero attached hydrogens (tertiary/aromatic N) is 1. The summed E-state index contributed by atoms with van der Waals surface area (Å²) in [4.78, 5) is 12.3. The number of nitriles is 1. The Labute approximate surface area is 155 Å². The van der Waals surface area contributed by atoms with Crippen LogP contribution >= 0.6 is 0 Å². The molecule has 0 atom stereocenters. The molecule has 3 heteroatoms. The molecule has 0 saturated heterocycles. The minimum absolute atomic E-state index is 0.294. The molecule has 0 N–H and O–H groups in total. The molecule has 0 spiro atoms. The molecule has 3 nitrogen and oxygen atoms in total. The number of carbonyl (C=O) groups excluding carboxylic acids is 1. The first-order chi connectivity index (χ1) is 12.7. The Morgan fingerprint density at radius 1 is 1.04 bits per heavy atom. The van der Waals surface area contributed by atoms with Crippen LogP contribution in [0.4, 0.5) is 0 Å². The van der Waals surface area contributed by atoms with Crippen molar-refractivity contribution in [2.24, 2.45) is 0 Å². The lowest BCUT2D eigenvalue weighted by atomic mass is 9.67. The fourth-order valence-electron chi connectivity index (χ4n) is 4.11. The Kier molecular flexibility index (Phi) is 5.73. The Morgan fingerprint density at radius 2 is 1.69 bits per heavy atom. The minimum Gasteiger partial charge on any atom is -0.423 e. The zero-order valence-electron chi connectivity index (χ0n) is 15.3. The van der Waals surface area contributed by atoms with Crippen LogP contribution in [0.3, 0.4) is 0 Å². The van der Waals surface area contributed by atoms with E-state index in [0.717, 1.165) is 0 Å². The molecule has 0 unspecified atom stereocenters. The van der Waals surface area contributed by atoms with Crippen molar-refractivity contribution in [2.75, 3.05) is 0 Å². The van der Waals surface area contributed by atoms with Gasteiger partial charge < -0.3 is 4.74 Å². The number of hydrogen-bond acceptors (Lipinski definition) is 3. The lowest BCUT2D eigenvalue weighted by Gasteiger charge is -2.38. The third-order valence-corrected chi connectivity index (χ3v) is 5.47. The first kappa shape index (κ1) is 18.2. The van der Waals surface area contributed by atoms with Crippen molar-refractivity contribution >= 4 is 5.97 Å². The molecule has 134 valence electrons. The number of benzene rings is 2. The third-order valence-electron chi connectivity index (χ3n) is 5.47. The largest absolute Gasteiger partial charge is 0.423 e. The van der Waals surface area contributed by atoms with Crippen molar-refractivity contribution in [3.63, 3.8) is 0 Å². The Hall–Kier alpha value is -2.60. The monoisotopic (exact) mass is 347 g/mol. The van der Waals surface area contributed by atoms with Crippen LogP contribution in [0, 0.1) is 11.3 Å². The number of hydrogen-bond donors (Lipinski definition) is 0. The van der Waals surface area contributed by atoms with E-state index in [1.54, 1.807) is 24.3 Å². The molecule has 2 aromatic carbocycles. The van der Waals surface area contributed by atoms with Gasteiger partial charge in [-0.3, -0.25) is 0 Å². The lowest BCUT2D eigenvalue weighted by Crippen LogP contribution is -2.28. The zero-order chi connectivity index (χ0) is 18.4. The van der Waals surface area contributed by atoms with E-state index >= 15 is 0 Å². The fraction of sp³-hybridized carbons (Fsp3) is 0.391. The maximum atomic E-state index is 12.3. The first-order valence-corrected chi connectivity index (χ1v) is 9.50. The van der Waals surface area contributed by atoms with Gasteiger partial charge >= 0.3 is 5.97 Å². The van der Waals surface area contributed by atoms with Crippen LogP contribution in [-0.2, 0) is 5.41 Å². The van der Waals surface area contributed by atoms with Gasteiger partial charge in [-0.1, -0.05) is 44.7 Å². The summed E-state index contributed by atoms with van der Waals surface area (Å²) in [5.41, 5.74) is 2.64. The van der Waals surface area contributed by atoms with Crippen LogP contribution in [0.5, 0.6) is 5.75 Å². The van der Waals surface area contributed by atoms with Gasteiger partial charge in [0.2, 0.25) is 0 Å². The standard InChI is InChI=1S/C23H25NO2/c1-2-14-23(15-4-3-5-16-23)20-10-12-21(13-11-20)26-22(25)19-8-6-18(17-24)7-9-19/h6-13H,2-5,14-16H2,1H3. The second-order valence-corrected chi connectivity index (χ2v) is 7.19. The molecule has 0 amide bonds. The summed E-state index contributed by atoms with van der Waals surface area (Å²) in [5, 5.41) is 8.83. The van der Waals surface area contributed by atoms with Crippen molar-refractivity contribution in [2.45, 2.75) is 57.3 Å².